The summed E-state index contributed by atoms with van der Waals surface area (Å²) in [7, 11) is 0. The number of aliphatic imine (C=N–C) groups is 1. The van der Waals surface area contributed by atoms with Gasteiger partial charge in [0.25, 0.3) is 0 Å². The summed E-state index contributed by atoms with van der Waals surface area (Å²) in [5, 5.41) is 8.01. The maximum absolute atomic E-state index is 9.76. The first-order valence-corrected chi connectivity index (χ1v) is 6.86. The Kier molecular flexibility index (Phi) is 17.5. The third-order valence-corrected chi connectivity index (χ3v) is 2.60. The summed E-state index contributed by atoms with van der Waals surface area (Å²) in [6.07, 6.45) is 9.00. The first-order valence-electron chi connectivity index (χ1n) is 6.23. The molecule has 0 saturated heterocycles. The molecule has 0 aliphatic carbocycles. The van der Waals surface area contributed by atoms with Gasteiger partial charge in [-0.3, -0.25) is 4.79 Å². The van der Waals surface area contributed by atoms with Gasteiger partial charge < -0.3 is 10.8 Å². The molecule has 0 aromatic heterocycles. The lowest BCUT2D eigenvalue weighted by atomic mass is 10.1. The van der Waals surface area contributed by atoms with E-state index in [1.165, 1.54) is 32.1 Å². The number of hydrogen-bond donors (Lipinski definition) is 3. The van der Waals surface area contributed by atoms with Gasteiger partial charge in [-0.25, -0.2) is 9.79 Å². The quantitative estimate of drug-likeness (QED) is 0.260. The van der Waals surface area contributed by atoms with Crippen LogP contribution in [0.5, 0.6) is 0 Å². The van der Waals surface area contributed by atoms with Gasteiger partial charge in [0.15, 0.2) is 0 Å². The number of aliphatic carboxylic acids is 1. The first kappa shape index (κ1) is 19.5. The standard InChI is InChI=1S/C9H17NO.C3H7NO2S/c1-2-3-4-5-6-7-8-10-9-11;4-2(1-7)3(5)6/h2-8H2,1H3;2,7H,1,4H2,(H,5,6)/t;2-/m.0/s1. The largest absolute Gasteiger partial charge is 0.480 e. The number of carbonyl (C=O) groups excluding carboxylic acids is 1. The number of carboxylic acids is 1. The van der Waals surface area contributed by atoms with E-state index in [4.69, 9.17) is 10.8 Å². The zero-order valence-electron chi connectivity index (χ0n) is 11.0. The summed E-state index contributed by atoms with van der Waals surface area (Å²) in [6.45, 7) is 2.87. The number of nitrogens with zero attached hydrogens (tertiary/aromatic N) is 1. The van der Waals surface area contributed by atoms with Gasteiger partial charge in [0, 0.05) is 5.75 Å². The van der Waals surface area contributed by atoms with E-state index in [-0.39, 0.29) is 5.75 Å². The second-order valence-electron chi connectivity index (χ2n) is 3.87. The molecule has 0 aliphatic rings. The Hall–Kier alpha value is -0.840. The maximum Gasteiger partial charge on any atom is 0.321 e. The van der Waals surface area contributed by atoms with Crippen LogP contribution in [-0.2, 0) is 9.59 Å². The number of nitrogens with two attached hydrogens (primary N) is 1. The third kappa shape index (κ3) is 17.6. The van der Waals surface area contributed by atoms with Crippen molar-refractivity contribution in [2.45, 2.75) is 51.5 Å². The van der Waals surface area contributed by atoms with E-state index in [9.17, 15) is 9.59 Å². The Morgan fingerprint density at radius 1 is 1.33 bits per heavy atom. The minimum atomic E-state index is -1.00. The third-order valence-electron chi connectivity index (χ3n) is 2.20. The van der Waals surface area contributed by atoms with Gasteiger partial charge in [-0.1, -0.05) is 39.0 Å². The number of isocyanates is 1. The number of carboxylic acid groups (broad SMARTS) is 1. The van der Waals surface area contributed by atoms with Crippen molar-refractivity contribution < 1.29 is 14.7 Å². The second kappa shape index (κ2) is 16.2. The topological polar surface area (TPSA) is 92.8 Å². The van der Waals surface area contributed by atoms with Crippen LogP contribution in [0.3, 0.4) is 0 Å². The monoisotopic (exact) mass is 276 g/mol. The molecule has 0 radical (unpaired) electrons. The van der Waals surface area contributed by atoms with Crippen molar-refractivity contribution in [2.24, 2.45) is 10.7 Å². The SMILES string of the molecule is CCCCCCCCN=C=O.N[C@@H](CS)C(=O)O. The zero-order valence-corrected chi connectivity index (χ0v) is 11.9. The van der Waals surface area contributed by atoms with Gasteiger partial charge in [-0.15, -0.1) is 0 Å². The van der Waals surface area contributed by atoms with Crippen molar-refractivity contribution in [3.63, 3.8) is 0 Å². The molecule has 0 fully saturated rings. The number of carbonyl (C=O) groups is 1. The highest BCUT2D eigenvalue weighted by molar-refractivity contribution is 7.80. The van der Waals surface area contributed by atoms with Crippen molar-refractivity contribution in [1.29, 1.82) is 0 Å². The predicted octanol–water partition coefficient (Wildman–Crippen LogP) is 2.01. The van der Waals surface area contributed by atoms with E-state index in [1.54, 1.807) is 6.08 Å². The van der Waals surface area contributed by atoms with E-state index in [0.717, 1.165) is 6.42 Å². The van der Waals surface area contributed by atoms with Crippen LogP contribution in [0.1, 0.15) is 45.4 Å². The maximum atomic E-state index is 9.76. The highest BCUT2D eigenvalue weighted by Gasteiger charge is 2.06. The molecular formula is C12H24N2O3S. The van der Waals surface area contributed by atoms with Gasteiger partial charge in [-0.2, -0.15) is 12.6 Å². The van der Waals surface area contributed by atoms with E-state index in [1.807, 2.05) is 0 Å². The summed E-state index contributed by atoms with van der Waals surface area (Å²) in [5.41, 5.74) is 4.94. The van der Waals surface area contributed by atoms with Crippen LogP contribution in [0.2, 0.25) is 0 Å². The average molecular weight is 276 g/mol. The van der Waals surface area contributed by atoms with Gasteiger partial charge in [0.05, 0.1) is 6.54 Å². The van der Waals surface area contributed by atoms with Crippen LogP contribution in [0.15, 0.2) is 4.99 Å². The molecule has 0 aliphatic heterocycles. The summed E-state index contributed by atoms with van der Waals surface area (Å²) in [6, 6.07) is -0.816. The Morgan fingerprint density at radius 3 is 2.28 bits per heavy atom. The van der Waals surface area contributed by atoms with Crippen LogP contribution in [0, 0.1) is 0 Å². The molecule has 18 heavy (non-hydrogen) atoms. The first-order chi connectivity index (χ1) is 8.59. The zero-order chi connectivity index (χ0) is 14.2. The summed E-state index contributed by atoms with van der Waals surface area (Å²) in [4.78, 5) is 22.9. The Labute approximate surface area is 114 Å². The minimum absolute atomic E-state index is 0.190. The highest BCUT2D eigenvalue weighted by atomic mass is 32.1. The number of rotatable bonds is 9. The van der Waals surface area contributed by atoms with Crippen LogP contribution < -0.4 is 5.73 Å². The summed E-state index contributed by atoms with van der Waals surface area (Å²) < 4.78 is 0. The van der Waals surface area contributed by atoms with Crippen molar-refractivity contribution in [3.8, 4) is 0 Å². The highest BCUT2D eigenvalue weighted by Crippen LogP contribution is 2.04. The molecule has 5 nitrogen and oxygen atoms in total. The fourth-order valence-corrected chi connectivity index (χ4v) is 1.25. The van der Waals surface area contributed by atoms with Crippen LogP contribution in [0.25, 0.3) is 0 Å². The smallest absolute Gasteiger partial charge is 0.321 e. The molecule has 0 aromatic rings. The Morgan fingerprint density at radius 2 is 1.89 bits per heavy atom. The molecule has 6 heteroatoms. The summed E-state index contributed by atoms with van der Waals surface area (Å²) >= 11 is 3.65. The fraction of sp³-hybridized carbons (Fsp3) is 0.833. The molecule has 106 valence electrons. The lowest BCUT2D eigenvalue weighted by Crippen LogP contribution is -2.31. The van der Waals surface area contributed by atoms with Crippen LogP contribution >= 0.6 is 12.6 Å². The Bertz CT molecular complexity index is 243. The second-order valence-corrected chi connectivity index (χ2v) is 4.23. The lowest BCUT2D eigenvalue weighted by Gasteiger charge is -1.96. The van der Waals surface area contributed by atoms with E-state index in [0.29, 0.717) is 6.54 Å². The van der Waals surface area contributed by atoms with Crippen molar-refractivity contribution in [1.82, 2.24) is 0 Å². The molecule has 0 rings (SSSR count). The van der Waals surface area contributed by atoms with Gasteiger partial charge in [-0.05, 0) is 6.42 Å². The van der Waals surface area contributed by atoms with Crippen molar-refractivity contribution in [2.75, 3.05) is 12.3 Å². The molecular weight excluding hydrogens is 252 g/mol. The molecule has 1 atom stereocenters. The number of hydrogen-bond acceptors (Lipinski definition) is 5. The average Bonchev–Trinajstić information content (AvgIpc) is 2.37. The van der Waals surface area contributed by atoms with Crippen molar-refractivity contribution >= 4 is 24.7 Å². The molecule has 0 spiro atoms. The van der Waals surface area contributed by atoms with Crippen molar-refractivity contribution in [3.05, 3.63) is 0 Å². The molecule has 0 bridgehead atoms. The number of unbranched alkanes of at least 4 members (excludes halogenated alkanes) is 5. The van der Waals surface area contributed by atoms with Gasteiger partial charge in [0.1, 0.15) is 6.04 Å². The lowest BCUT2D eigenvalue weighted by molar-refractivity contribution is -0.137. The normalized spacial score (nSPS) is 10.8. The predicted molar refractivity (Wildman–Crippen MR) is 75.8 cm³/mol. The number of thiol groups is 1. The summed E-state index contributed by atoms with van der Waals surface area (Å²) in [5.74, 6) is -0.815. The molecule has 0 aromatic carbocycles. The molecule has 3 N–H and O–H groups in total. The molecule has 0 saturated carbocycles. The fourth-order valence-electron chi connectivity index (χ4n) is 1.09. The Balaban J connectivity index is 0. The minimum Gasteiger partial charge on any atom is -0.480 e. The van der Waals surface area contributed by atoms with Crippen LogP contribution in [0.4, 0.5) is 0 Å². The van der Waals surface area contributed by atoms with E-state index < -0.39 is 12.0 Å². The molecule has 0 unspecified atom stereocenters. The van der Waals surface area contributed by atoms with Gasteiger partial charge >= 0.3 is 5.97 Å². The molecule has 0 heterocycles. The van der Waals surface area contributed by atoms with E-state index >= 15 is 0 Å². The molecule has 0 amide bonds. The van der Waals surface area contributed by atoms with E-state index in [2.05, 4.69) is 24.5 Å². The van der Waals surface area contributed by atoms with Gasteiger partial charge in [0.2, 0.25) is 6.08 Å². The van der Waals surface area contributed by atoms with Crippen LogP contribution in [-0.4, -0.2) is 35.5 Å².